The van der Waals surface area contributed by atoms with Gasteiger partial charge in [-0.3, -0.25) is 0 Å². The summed E-state index contributed by atoms with van der Waals surface area (Å²) in [5, 5.41) is 0. The van der Waals surface area contributed by atoms with E-state index in [1.165, 1.54) is 6.42 Å². The zero-order chi connectivity index (χ0) is 20.7. The predicted octanol–water partition coefficient (Wildman–Crippen LogP) is 7.00. The quantitative estimate of drug-likeness (QED) is 0.157. The molecule has 3 rings (SSSR count). The van der Waals surface area contributed by atoms with Crippen LogP contribution in [0.5, 0.6) is 0 Å². The third-order valence-corrected chi connectivity index (χ3v) is 4.55. The van der Waals surface area contributed by atoms with Crippen molar-refractivity contribution >= 4 is 37.2 Å². The Kier molecular flexibility index (Phi) is 27.3. The Morgan fingerprint density at radius 3 is 1.32 bits per heavy atom. The fourth-order valence-electron chi connectivity index (χ4n) is 3.09. The monoisotopic (exact) mass is 676 g/mol. The molecular formula is C23H50I2O6. The minimum Gasteiger partial charge on any atom is -0.376 e. The van der Waals surface area contributed by atoms with Gasteiger partial charge in [0.2, 0.25) is 0 Å². The standard InChI is InChI=1S/C11H20O4.C9H18O2.3CH4.I2/c1-3-10(14-5-1)7-12-9-13-8-11-4-2-6-15-11;1-9(2,3)11-7-8-5-4-6-10-8;;;;1-2/h10-11H,1-9H2;8H,4-7H2,1-3H3;3*1H4;. The molecule has 0 amide bonds. The lowest BCUT2D eigenvalue weighted by molar-refractivity contribution is -0.101. The molecule has 3 heterocycles. The maximum atomic E-state index is 5.59. The van der Waals surface area contributed by atoms with Gasteiger partial charge in [-0.25, -0.2) is 0 Å². The second-order valence-electron chi connectivity index (χ2n) is 8.19. The molecule has 0 bridgehead atoms. The highest BCUT2D eigenvalue weighted by molar-refractivity contribution is 15.0. The Bertz CT molecular complexity index is 332. The highest BCUT2D eigenvalue weighted by Crippen LogP contribution is 2.16. The molecule has 192 valence electrons. The lowest BCUT2D eigenvalue weighted by Gasteiger charge is -2.21. The van der Waals surface area contributed by atoms with Crippen LogP contribution in [0, 0.1) is 0 Å². The lowest BCUT2D eigenvalue weighted by Crippen LogP contribution is -2.25. The summed E-state index contributed by atoms with van der Waals surface area (Å²) in [6.45, 7) is 11.3. The van der Waals surface area contributed by atoms with Gasteiger partial charge in [0, 0.05) is 57.1 Å². The first-order valence-electron chi connectivity index (χ1n) is 10.3. The van der Waals surface area contributed by atoms with Crippen molar-refractivity contribution in [3.05, 3.63) is 0 Å². The first-order chi connectivity index (χ1) is 13.5. The molecule has 0 radical (unpaired) electrons. The Morgan fingerprint density at radius 1 is 0.677 bits per heavy atom. The number of ether oxygens (including phenoxy) is 6. The van der Waals surface area contributed by atoms with E-state index in [9.17, 15) is 0 Å². The van der Waals surface area contributed by atoms with Gasteiger partial charge in [-0.2, -0.15) is 0 Å². The summed E-state index contributed by atoms with van der Waals surface area (Å²) < 4.78 is 32.6. The second-order valence-corrected chi connectivity index (χ2v) is 8.19. The van der Waals surface area contributed by atoms with Crippen LogP contribution < -0.4 is 0 Å². The minimum atomic E-state index is -0.0219. The van der Waals surface area contributed by atoms with Crippen LogP contribution in [-0.2, 0) is 28.4 Å². The van der Waals surface area contributed by atoms with E-state index in [4.69, 9.17) is 28.4 Å². The summed E-state index contributed by atoms with van der Waals surface area (Å²) in [6, 6.07) is 0. The normalized spacial score (nSPS) is 24.5. The van der Waals surface area contributed by atoms with Crippen molar-refractivity contribution in [1.82, 2.24) is 0 Å². The second kappa shape index (κ2) is 23.0. The van der Waals surface area contributed by atoms with Crippen molar-refractivity contribution in [3.63, 3.8) is 0 Å². The van der Waals surface area contributed by atoms with Gasteiger partial charge in [0.1, 0.15) is 6.79 Å². The van der Waals surface area contributed by atoms with Gasteiger partial charge < -0.3 is 28.4 Å². The Morgan fingerprint density at radius 2 is 1.03 bits per heavy atom. The Hall–Kier alpha value is 1.22. The first-order valence-corrected chi connectivity index (χ1v) is 16.6. The highest BCUT2D eigenvalue weighted by Gasteiger charge is 2.19. The van der Waals surface area contributed by atoms with Crippen molar-refractivity contribution in [2.24, 2.45) is 0 Å². The van der Waals surface area contributed by atoms with Crippen LogP contribution in [0.15, 0.2) is 0 Å². The molecule has 0 aromatic heterocycles. The van der Waals surface area contributed by atoms with Gasteiger partial charge in [-0.1, -0.05) is 22.3 Å². The topological polar surface area (TPSA) is 55.4 Å². The number of hydrogen-bond acceptors (Lipinski definition) is 6. The molecule has 0 N–H and O–H groups in total. The molecule has 3 aliphatic heterocycles. The van der Waals surface area contributed by atoms with Crippen LogP contribution in [0.3, 0.4) is 0 Å². The third-order valence-electron chi connectivity index (χ3n) is 4.55. The number of hydrogen-bond donors (Lipinski definition) is 0. The van der Waals surface area contributed by atoms with E-state index in [2.05, 4.69) is 58.0 Å². The third kappa shape index (κ3) is 20.3. The van der Waals surface area contributed by atoms with Crippen LogP contribution in [0.1, 0.15) is 81.6 Å². The van der Waals surface area contributed by atoms with E-state index >= 15 is 0 Å². The summed E-state index contributed by atoms with van der Waals surface area (Å²) in [5.74, 6) is 0. The lowest BCUT2D eigenvalue weighted by atomic mass is 10.2. The zero-order valence-corrected chi connectivity index (χ0v) is 21.9. The van der Waals surface area contributed by atoms with Crippen molar-refractivity contribution < 1.29 is 28.4 Å². The minimum absolute atomic E-state index is 0. The van der Waals surface area contributed by atoms with Crippen LogP contribution in [-0.4, -0.2) is 70.3 Å². The molecule has 8 heteroatoms. The van der Waals surface area contributed by atoms with Crippen molar-refractivity contribution in [2.45, 2.75) is 105 Å². The molecule has 3 fully saturated rings. The van der Waals surface area contributed by atoms with E-state index in [-0.39, 0.29) is 40.1 Å². The van der Waals surface area contributed by atoms with Crippen LogP contribution in [0.25, 0.3) is 0 Å². The molecule has 0 spiro atoms. The fraction of sp³-hybridized carbons (Fsp3) is 1.00. The number of halogens is 2. The molecule has 0 saturated carbocycles. The van der Waals surface area contributed by atoms with E-state index in [0.717, 1.165) is 58.5 Å². The van der Waals surface area contributed by atoms with Gasteiger partial charge >= 0.3 is 0 Å². The van der Waals surface area contributed by atoms with Gasteiger partial charge in [0.25, 0.3) is 0 Å². The average molecular weight is 676 g/mol. The summed E-state index contributed by atoms with van der Waals surface area (Å²) in [7, 11) is 0. The van der Waals surface area contributed by atoms with Crippen LogP contribution in [0.2, 0.25) is 0 Å². The van der Waals surface area contributed by atoms with Gasteiger partial charge in [0.05, 0.1) is 43.7 Å². The maximum absolute atomic E-state index is 5.59. The maximum Gasteiger partial charge on any atom is 0.146 e. The fourth-order valence-corrected chi connectivity index (χ4v) is 3.09. The van der Waals surface area contributed by atoms with Crippen molar-refractivity contribution in [1.29, 1.82) is 0 Å². The van der Waals surface area contributed by atoms with Gasteiger partial charge in [0.15, 0.2) is 0 Å². The molecule has 31 heavy (non-hydrogen) atoms. The van der Waals surface area contributed by atoms with Gasteiger partial charge in [-0.05, 0) is 59.3 Å². The van der Waals surface area contributed by atoms with Gasteiger partial charge in [-0.15, -0.1) is 0 Å². The van der Waals surface area contributed by atoms with E-state index in [1.54, 1.807) is 0 Å². The molecule has 3 unspecified atom stereocenters. The molecule has 0 aromatic rings. The summed E-state index contributed by atoms with van der Waals surface area (Å²) >= 11 is 4.24. The summed E-state index contributed by atoms with van der Waals surface area (Å²) in [4.78, 5) is 0. The molecule has 0 aromatic carbocycles. The molecule has 0 aliphatic carbocycles. The zero-order valence-electron chi connectivity index (χ0n) is 17.6. The van der Waals surface area contributed by atoms with E-state index in [0.29, 0.717) is 26.1 Å². The smallest absolute Gasteiger partial charge is 0.146 e. The average Bonchev–Trinajstić information content (AvgIpc) is 3.44. The molecule has 6 nitrogen and oxygen atoms in total. The Labute approximate surface area is 216 Å². The van der Waals surface area contributed by atoms with Crippen molar-refractivity contribution in [3.8, 4) is 0 Å². The number of rotatable bonds is 8. The van der Waals surface area contributed by atoms with Crippen LogP contribution in [0.4, 0.5) is 0 Å². The first kappa shape index (κ1) is 36.8. The molecule has 3 aliphatic rings. The molecule has 3 saturated heterocycles. The van der Waals surface area contributed by atoms with E-state index in [1.807, 2.05) is 0 Å². The van der Waals surface area contributed by atoms with E-state index < -0.39 is 0 Å². The summed E-state index contributed by atoms with van der Waals surface area (Å²) in [6.07, 6.45) is 7.84. The van der Waals surface area contributed by atoms with Crippen molar-refractivity contribution in [2.75, 3.05) is 46.4 Å². The predicted molar refractivity (Wildman–Crippen MR) is 148 cm³/mol. The largest absolute Gasteiger partial charge is 0.376 e. The Balaban J connectivity index is -0.000000444. The molecular weight excluding hydrogens is 626 g/mol. The molecule has 3 atom stereocenters. The highest BCUT2D eigenvalue weighted by atomic mass is 128. The SMILES string of the molecule is C.C.C.C1COC(COCOCC2CCCO2)C1.CC(C)(C)OCC1CCCO1.II. The summed E-state index contributed by atoms with van der Waals surface area (Å²) in [5.41, 5.74) is -0.0219. The van der Waals surface area contributed by atoms with Crippen LogP contribution >= 0.6 is 37.2 Å².